The third-order valence-corrected chi connectivity index (χ3v) is 3.54. The lowest BCUT2D eigenvalue weighted by molar-refractivity contribution is 0.0950. The molecule has 2 N–H and O–H groups in total. The molecular weight excluding hydrogens is 300 g/mol. The quantitative estimate of drug-likeness (QED) is 0.819. The Balaban J connectivity index is 0.00000361. The number of halogens is 1. The molecule has 1 aromatic carbocycles. The van der Waals surface area contributed by atoms with Gasteiger partial charge in [-0.2, -0.15) is 0 Å². The fraction of sp³-hybridized carbons (Fsp3) is 0.462. The van der Waals surface area contributed by atoms with Crippen LogP contribution in [0.5, 0.6) is 0 Å². The van der Waals surface area contributed by atoms with E-state index in [-0.39, 0.29) is 30.1 Å². The van der Waals surface area contributed by atoms with Crippen LogP contribution in [-0.2, 0) is 15.6 Å². The number of carbonyl (C=O) groups excluding carboxylic acids is 1. The van der Waals surface area contributed by atoms with E-state index in [0.717, 1.165) is 0 Å². The highest BCUT2D eigenvalue weighted by Crippen LogP contribution is 2.08. The standard InChI is InChI=1S/C13H20N2O3S.ClH/c1-10(14-2)8-15-13(16)12-6-4-5-11(7-12)9-19(3,17)18;/h4-7,10,14H,8-9H2,1-3H3,(H,15,16);1H. The largest absolute Gasteiger partial charge is 0.350 e. The number of rotatable bonds is 6. The van der Waals surface area contributed by atoms with Crippen LogP contribution < -0.4 is 10.6 Å². The molecule has 0 aliphatic heterocycles. The van der Waals surface area contributed by atoms with Crippen LogP contribution in [0.15, 0.2) is 24.3 Å². The molecule has 0 radical (unpaired) electrons. The molecule has 0 saturated carbocycles. The average molecular weight is 321 g/mol. The van der Waals surface area contributed by atoms with E-state index in [2.05, 4.69) is 10.6 Å². The van der Waals surface area contributed by atoms with Gasteiger partial charge in [0.1, 0.15) is 0 Å². The molecule has 0 spiro atoms. The van der Waals surface area contributed by atoms with E-state index in [1.54, 1.807) is 24.3 Å². The lowest BCUT2D eigenvalue weighted by Crippen LogP contribution is -2.37. The molecule has 0 bridgehead atoms. The van der Waals surface area contributed by atoms with Crippen molar-refractivity contribution in [3.05, 3.63) is 35.4 Å². The third-order valence-electron chi connectivity index (χ3n) is 2.68. The summed E-state index contributed by atoms with van der Waals surface area (Å²) < 4.78 is 22.5. The molecule has 1 rings (SSSR count). The predicted octanol–water partition coefficient (Wildman–Crippen LogP) is 0.991. The lowest BCUT2D eigenvalue weighted by Gasteiger charge is -2.11. The Hall–Kier alpha value is -1.11. The van der Waals surface area contributed by atoms with Gasteiger partial charge in [0.15, 0.2) is 9.84 Å². The maximum absolute atomic E-state index is 11.9. The minimum atomic E-state index is -3.09. The van der Waals surface area contributed by atoms with Crippen LogP contribution in [0.25, 0.3) is 0 Å². The molecule has 7 heteroatoms. The van der Waals surface area contributed by atoms with E-state index in [4.69, 9.17) is 0 Å². The van der Waals surface area contributed by atoms with Crippen LogP contribution in [0.3, 0.4) is 0 Å². The van der Waals surface area contributed by atoms with Crippen LogP contribution in [-0.4, -0.2) is 40.2 Å². The van der Waals surface area contributed by atoms with Crippen LogP contribution in [0.1, 0.15) is 22.8 Å². The van der Waals surface area contributed by atoms with Crippen molar-refractivity contribution in [2.45, 2.75) is 18.7 Å². The van der Waals surface area contributed by atoms with Crippen molar-refractivity contribution in [3.8, 4) is 0 Å². The molecule has 20 heavy (non-hydrogen) atoms. The van der Waals surface area contributed by atoms with E-state index < -0.39 is 9.84 Å². The number of nitrogens with one attached hydrogen (secondary N) is 2. The summed E-state index contributed by atoms with van der Waals surface area (Å²) in [6.07, 6.45) is 1.17. The molecular formula is C13H21ClN2O3S. The Morgan fingerprint density at radius 1 is 1.35 bits per heavy atom. The Bertz CT molecular complexity index is 546. The number of hydrogen-bond donors (Lipinski definition) is 2. The SMILES string of the molecule is CNC(C)CNC(=O)c1cccc(CS(C)(=O)=O)c1.Cl. The van der Waals surface area contributed by atoms with Gasteiger partial charge in [0.05, 0.1) is 5.75 Å². The van der Waals surface area contributed by atoms with Gasteiger partial charge in [-0.25, -0.2) is 8.42 Å². The monoisotopic (exact) mass is 320 g/mol. The van der Waals surface area contributed by atoms with E-state index in [1.807, 2.05) is 14.0 Å². The Kier molecular flexibility index (Phi) is 7.78. The third kappa shape index (κ3) is 6.88. The van der Waals surface area contributed by atoms with Crippen molar-refractivity contribution in [3.63, 3.8) is 0 Å². The smallest absolute Gasteiger partial charge is 0.251 e. The van der Waals surface area contributed by atoms with Gasteiger partial charge in [0, 0.05) is 24.4 Å². The van der Waals surface area contributed by atoms with Crippen molar-refractivity contribution >= 4 is 28.2 Å². The summed E-state index contributed by atoms with van der Waals surface area (Å²) in [6.45, 7) is 2.48. The van der Waals surface area contributed by atoms with Gasteiger partial charge in [0.25, 0.3) is 5.91 Å². The van der Waals surface area contributed by atoms with Crippen LogP contribution in [0.2, 0.25) is 0 Å². The molecule has 0 heterocycles. The molecule has 5 nitrogen and oxygen atoms in total. The molecule has 0 aliphatic rings. The second kappa shape index (κ2) is 8.24. The zero-order valence-electron chi connectivity index (χ0n) is 11.8. The average Bonchev–Trinajstić information content (AvgIpc) is 2.33. The van der Waals surface area contributed by atoms with Gasteiger partial charge in [0.2, 0.25) is 0 Å². The highest BCUT2D eigenvalue weighted by atomic mass is 35.5. The van der Waals surface area contributed by atoms with E-state index in [1.165, 1.54) is 6.26 Å². The van der Waals surface area contributed by atoms with Crippen molar-refractivity contribution in [1.82, 2.24) is 10.6 Å². The summed E-state index contributed by atoms with van der Waals surface area (Å²) in [5, 5.41) is 5.81. The summed E-state index contributed by atoms with van der Waals surface area (Å²) in [4.78, 5) is 11.9. The molecule has 1 unspecified atom stereocenters. The molecule has 0 aliphatic carbocycles. The molecule has 1 aromatic rings. The molecule has 1 atom stereocenters. The van der Waals surface area contributed by atoms with Gasteiger partial charge < -0.3 is 10.6 Å². The summed E-state index contributed by atoms with van der Waals surface area (Å²) in [7, 11) is -1.27. The zero-order chi connectivity index (χ0) is 14.5. The first kappa shape index (κ1) is 18.9. The second-order valence-corrected chi connectivity index (χ2v) is 6.81. The first-order valence-electron chi connectivity index (χ1n) is 6.04. The summed E-state index contributed by atoms with van der Waals surface area (Å²) in [5.74, 6) is -0.251. The first-order chi connectivity index (χ1) is 8.81. The van der Waals surface area contributed by atoms with Crippen molar-refractivity contribution < 1.29 is 13.2 Å². The minimum Gasteiger partial charge on any atom is -0.350 e. The van der Waals surface area contributed by atoms with Crippen LogP contribution in [0, 0.1) is 0 Å². The Labute approximate surface area is 126 Å². The molecule has 0 aromatic heterocycles. The van der Waals surface area contributed by atoms with E-state index >= 15 is 0 Å². The summed E-state index contributed by atoms with van der Waals surface area (Å²) >= 11 is 0. The topological polar surface area (TPSA) is 75.3 Å². The second-order valence-electron chi connectivity index (χ2n) is 4.67. The minimum absolute atomic E-state index is 0. The molecule has 1 amide bonds. The van der Waals surface area contributed by atoms with Gasteiger partial charge in [-0.1, -0.05) is 12.1 Å². The molecule has 0 fully saturated rings. The van der Waals surface area contributed by atoms with Gasteiger partial charge in [-0.05, 0) is 31.7 Å². The van der Waals surface area contributed by atoms with Crippen molar-refractivity contribution in [1.29, 1.82) is 0 Å². The number of likely N-dealkylation sites (N-methyl/N-ethyl adjacent to an activating group) is 1. The van der Waals surface area contributed by atoms with E-state index in [0.29, 0.717) is 17.7 Å². The molecule has 114 valence electrons. The normalized spacial score (nSPS) is 12.3. The Morgan fingerprint density at radius 2 is 2.00 bits per heavy atom. The molecule has 0 saturated heterocycles. The highest BCUT2D eigenvalue weighted by Gasteiger charge is 2.09. The summed E-state index contributed by atoms with van der Waals surface area (Å²) in [6, 6.07) is 6.86. The van der Waals surface area contributed by atoms with Gasteiger partial charge in [-0.15, -0.1) is 12.4 Å². The van der Waals surface area contributed by atoms with Gasteiger partial charge in [-0.3, -0.25) is 4.79 Å². The highest BCUT2D eigenvalue weighted by molar-refractivity contribution is 7.89. The number of amides is 1. The van der Waals surface area contributed by atoms with Gasteiger partial charge >= 0.3 is 0 Å². The first-order valence-corrected chi connectivity index (χ1v) is 8.10. The predicted molar refractivity (Wildman–Crippen MR) is 83.1 cm³/mol. The van der Waals surface area contributed by atoms with Crippen molar-refractivity contribution in [2.24, 2.45) is 0 Å². The lowest BCUT2D eigenvalue weighted by atomic mass is 10.1. The van der Waals surface area contributed by atoms with Crippen LogP contribution in [0.4, 0.5) is 0 Å². The van der Waals surface area contributed by atoms with Crippen LogP contribution >= 0.6 is 12.4 Å². The number of carbonyl (C=O) groups is 1. The van der Waals surface area contributed by atoms with E-state index in [9.17, 15) is 13.2 Å². The Morgan fingerprint density at radius 3 is 2.55 bits per heavy atom. The summed E-state index contributed by atoms with van der Waals surface area (Å²) in [5.41, 5.74) is 1.10. The fourth-order valence-electron chi connectivity index (χ4n) is 1.56. The fourth-order valence-corrected chi connectivity index (χ4v) is 2.34. The number of benzene rings is 1. The maximum atomic E-state index is 11.9. The zero-order valence-corrected chi connectivity index (χ0v) is 13.5. The number of sulfone groups is 1. The maximum Gasteiger partial charge on any atom is 0.251 e. The number of hydrogen-bond acceptors (Lipinski definition) is 4. The van der Waals surface area contributed by atoms with Crippen molar-refractivity contribution in [2.75, 3.05) is 19.8 Å².